The SMILES string of the molecule is CC1CN(CCNS(=O)(=O)N2CCCCCC2)CC(C)O1. The smallest absolute Gasteiger partial charge is 0.279 e. The third kappa shape index (κ3) is 5.49. The maximum Gasteiger partial charge on any atom is 0.279 e. The summed E-state index contributed by atoms with van der Waals surface area (Å²) in [6, 6.07) is 0. The number of nitrogens with zero attached hydrogens (tertiary/aromatic N) is 2. The first kappa shape index (κ1) is 17.1. The molecular formula is C14H29N3O3S. The molecule has 0 aromatic carbocycles. The predicted molar refractivity (Wildman–Crippen MR) is 83.4 cm³/mol. The summed E-state index contributed by atoms with van der Waals surface area (Å²) in [5, 5.41) is 0. The van der Waals surface area contributed by atoms with E-state index in [0.717, 1.165) is 45.3 Å². The van der Waals surface area contributed by atoms with Crippen LogP contribution < -0.4 is 4.72 Å². The summed E-state index contributed by atoms with van der Waals surface area (Å²) in [5.74, 6) is 0. The Morgan fingerprint density at radius 3 is 2.19 bits per heavy atom. The molecule has 2 unspecified atom stereocenters. The fourth-order valence-corrected chi connectivity index (χ4v) is 4.44. The van der Waals surface area contributed by atoms with E-state index in [0.29, 0.717) is 19.6 Å². The van der Waals surface area contributed by atoms with Gasteiger partial charge in [0.25, 0.3) is 10.2 Å². The van der Waals surface area contributed by atoms with Crippen molar-refractivity contribution in [3.8, 4) is 0 Å². The largest absolute Gasteiger partial charge is 0.373 e. The number of ether oxygens (including phenoxy) is 1. The quantitative estimate of drug-likeness (QED) is 0.814. The van der Waals surface area contributed by atoms with Gasteiger partial charge in [0.15, 0.2) is 0 Å². The van der Waals surface area contributed by atoms with Gasteiger partial charge in [-0.25, -0.2) is 4.72 Å². The minimum absolute atomic E-state index is 0.218. The summed E-state index contributed by atoms with van der Waals surface area (Å²) in [6.45, 7) is 8.38. The van der Waals surface area contributed by atoms with Crippen molar-refractivity contribution in [1.82, 2.24) is 13.9 Å². The Morgan fingerprint density at radius 2 is 1.62 bits per heavy atom. The standard InChI is InChI=1S/C14H29N3O3S/c1-13-11-16(12-14(2)20-13)10-7-15-21(18,19)17-8-5-3-4-6-9-17/h13-15H,3-12H2,1-2H3. The van der Waals surface area contributed by atoms with Crippen molar-refractivity contribution in [1.29, 1.82) is 0 Å². The molecule has 0 amide bonds. The molecule has 1 N–H and O–H groups in total. The van der Waals surface area contributed by atoms with Crippen LogP contribution >= 0.6 is 0 Å². The molecule has 2 aliphatic heterocycles. The van der Waals surface area contributed by atoms with Gasteiger partial charge in [-0.15, -0.1) is 0 Å². The fraction of sp³-hybridized carbons (Fsp3) is 1.00. The first-order valence-electron chi connectivity index (χ1n) is 8.10. The van der Waals surface area contributed by atoms with Crippen LogP contribution in [0.4, 0.5) is 0 Å². The maximum atomic E-state index is 12.3. The van der Waals surface area contributed by atoms with E-state index in [-0.39, 0.29) is 12.2 Å². The van der Waals surface area contributed by atoms with Gasteiger partial charge in [0, 0.05) is 39.3 Å². The molecule has 2 atom stereocenters. The lowest BCUT2D eigenvalue weighted by Gasteiger charge is -2.35. The second-order valence-electron chi connectivity index (χ2n) is 6.23. The summed E-state index contributed by atoms with van der Waals surface area (Å²) < 4.78 is 34.6. The van der Waals surface area contributed by atoms with E-state index in [4.69, 9.17) is 4.74 Å². The van der Waals surface area contributed by atoms with Crippen LogP contribution in [0.5, 0.6) is 0 Å². The van der Waals surface area contributed by atoms with E-state index in [9.17, 15) is 8.42 Å². The van der Waals surface area contributed by atoms with Crippen molar-refractivity contribution < 1.29 is 13.2 Å². The Bertz CT molecular complexity index is 398. The molecule has 21 heavy (non-hydrogen) atoms. The van der Waals surface area contributed by atoms with Gasteiger partial charge in [-0.3, -0.25) is 4.90 Å². The topological polar surface area (TPSA) is 61.9 Å². The summed E-state index contributed by atoms with van der Waals surface area (Å²) >= 11 is 0. The number of hydrogen-bond donors (Lipinski definition) is 1. The van der Waals surface area contributed by atoms with Crippen LogP contribution in [0.3, 0.4) is 0 Å². The third-order valence-corrected chi connectivity index (χ3v) is 5.73. The minimum atomic E-state index is -3.31. The molecule has 0 bridgehead atoms. The molecule has 6 nitrogen and oxygen atoms in total. The van der Waals surface area contributed by atoms with Crippen LogP contribution in [0.15, 0.2) is 0 Å². The molecule has 0 radical (unpaired) electrons. The van der Waals surface area contributed by atoms with Gasteiger partial charge in [0.1, 0.15) is 0 Å². The fourth-order valence-electron chi connectivity index (χ4n) is 3.17. The summed E-state index contributed by atoms with van der Waals surface area (Å²) in [5.41, 5.74) is 0. The van der Waals surface area contributed by atoms with E-state index >= 15 is 0 Å². The van der Waals surface area contributed by atoms with Crippen LogP contribution in [-0.2, 0) is 14.9 Å². The van der Waals surface area contributed by atoms with Gasteiger partial charge >= 0.3 is 0 Å². The average Bonchev–Trinajstić information content (AvgIpc) is 2.66. The van der Waals surface area contributed by atoms with Gasteiger partial charge in [-0.2, -0.15) is 12.7 Å². The highest BCUT2D eigenvalue weighted by molar-refractivity contribution is 7.87. The van der Waals surface area contributed by atoms with Crippen molar-refractivity contribution in [2.24, 2.45) is 0 Å². The highest BCUT2D eigenvalue weighted by Gasteiger charge is 2.24. The summed E-state index contributed by atoms with van der Waals surface area (Å²) in [6.07, 6.45) is 4.65. The van der Waals surface area contributed by atoms with Crippen LogP contribution in [0.2, 0.25) is 0 Å². The van der Waals surface area contributed by atoms with Crippen molar-refractivity contribution in [2.75, 3.05) is 39.3 Å². The number of hydrogen-bond acceptors (Lipinski definition) is 4. The molecule has 0 aromatic heterocycles. The Kier molecular flexibility index (Phi) is 6.43. The normalized spacial score (nSPS) is 30.2. The van der Waals surface area contributed by atoms with E-state index in [1.54, 1.807) is 4.31 Å². The van der Waals surface area contributed by atoms with Gasteiger partial charge < -0.3 is 4.74 Å². The molecule has 2 fully saturated rings. The lowest BCUT2D eigenvalue weighted by atomic mass is 10.2. The van der Waals surface area contributed by atoms with Crippen LogP contribution in [-0.4, -0.2) is 69.1 Å². The molecule has 2 rings (SSSR count). The van der Waals surface area contributed by atoms with Crippen LogP contribution in [0.25, 0.3) is 0 Å². The zero-order valence-electron chi connectivity index (χ0n) is 13.3. The highest BCUT2D eigenvalue weighted by Crippen LogP contribution is 2.13. The molecule has 0 aliphatic carbocycles. The molecule has 0 aromatic rings. The Morgan fingerprint density at radius 1 is 1.05 bits per heavy atom. The molecule has 2 aliphatic rings. The number of morpholine rings is 1. The first-order valence-corrected chi connectivity index (χ1v) is 9.54. The van der Waals surface area contributed by atoms with Gasteiger partial charge in [0.05, 0.1) is 12.2 Å². The summed E-state index contributed by atoms with van der Waals surface area (Å²) in [7, 11) is -3.31. The lowest BCUT2D eigenvalue weighted by Crippen LogP contribution is -2.49. The number of rotatable bonds is 5. The van der Waals surface area contributed by atoms with E-state index in [2.05, 4.69) is 23.5 Å². The molecule has 0 spiro atoms. The Labute approximate surface area is 129 Å². The molecule has 124 valence electrons. The van der Waals surface area contributed by atoms with Crippen LogP contribution in [0.1, 0.15) is 39.5 Å². The van der Waals surface area contributed by atoms with E-state index < -0.39 is 10.2 Å². The summed E-state index contributed by atoms with van der Waals surface area (Å²) in [4.78, 5) is 2.27. The highest BCUT2D eigenvalue weighted by atomic mass is 32.2. The molecule has 0 saturated carbocycles. The maximum absolute atomic E-state index is 12.3. The van der Waals surface area contributed by atoms with Gasteiger partial charge in [-0.1, -0.05) is 12.8 Å². The molecule has 2 heterocycles. The monoisotopic (exact) mass is 319 g/mol. The molecule has 2 saturated heterocycles. The minimum Gasteiger partial charge on any atom is -0.373 e. The second-order valence-corrected chi connectivity index (χ2v) is 7.98. The van der Waals surface area contributed by atoms with Gasteiger partial charge in [-0.05, 0) is 26.7 Å². The Balaban J connectivity index is 1.76. The molecule has 7 heteroatoms. The zero-order chi connectivity index (χ0) is 15.3. The van der Waals surface area contributed by atoms with E-state index in [1.807, 2.05) is 0 Å². The predicted octanol–water partition coefficient (Wildman–Crippen LogP) is 0.806. The zero-order valence-corrected chi connectivity index (χ0v) is 14.1. The average molecular weight is 319 g/mol. The second kappa shape index (κ2) is 7.87. The van der Waals surface area contributed by atoms with E-state index in [1.165, 1.54) is 0 Å². The number of nitrogens with one attached hydrogen (secondary N) is 1. The molecular weight excluding hydrogens is 290 g/mol. The van der Waals surface area contributed by atoms with Crippen molar-refractivity contribution in [3.05, 3.63) is 0 Å². The van der Waals surface area contributed by atoms with Crippen molar-refractivity contribution in [2.45, 2.75) is 51.7 Å². The lowest BCUT2D eigenvalue weighted by molar-refractivity contribution is -0.0671. The first-order chi connectivity index (χ1) is 9.97. The third-order valence-electron chi connectivity index (χ3n) is 4.11. The van der Waals surface area contributed by atoms with Crippen LogP contribution in [0, 0.1) is 0 Å². The van der Waals surface area contributed by atoms with Crippen molar-refractivity contribution in [3.63, 3.8) is 0 Å². The Hall–Kier alpha value is -0.210. The van der Waals surface area contributed by atoms with Crippen molar-refractivity contribution >= 4 is 10.2 Å². The van der Waals surface area contributed by atoms with Gasteiger partial charge in [0.2, 0.25) is 0 Å².